The SMILES string of the molecule is O=C1Nc2ccccc2O[C@H]1C(=O)N1CCN(c2ccccc2F)CC1. The van der Waals surface area contributed by atoms with Gasteiger partial charge in [0.05, 0.1) is 11.4 Å². The molecule has 1 atom stereocenters. The van der Waals surface area contributed by atoms with Crippen molar-refractivity contribution in [1.82, 2.24) is 4.90 Å². The van der Waals surface area contributed by atoms with Gasteiger partial charge in [-0.3, -0.25) is 9.59 Å². The summed E-state index contributed by atoms with van der Waals surface area (Å²) in [6.07, 6.45) is -1.19. The summed E-state index contributed by atoms with van der Waals surface area (Å²) in [5.74, 6) is -0.635. The summed E-state index contributed by atoms with van der Waals surface area (Å²) < 4.78 is 19.5. The Balaban J connectivity index is 1.43. The van der Waals surface area contributed by atoms with E-state index in [4.69, 9.17) is 4.74 Å². The molecule has 0 radical (unpaired) electrons. The average Bonchev–Trinajstić information content (AvgIpc) is 2.67. The van der Waals surface area contributed by atoms with E-state index in [2.05, 4.69) is 5.32 Å². The highest BCUT2D eigenvalue weighted by molar-refractivity contribution is 6.11. The van der Waals surface area contributed by atoms with Crippen LogP contribution in [0.5, 0.6) is 5.75 Å². The fraction of sp³-hybridized carbons (Fsp3) is 0.263. The number of hydrogen-bond acceptors (Lipinski definition) is 4. The van der Waals surface area contributed by atoms with E-state index in [1.807, 2.05) is 4.90 Å². The van der Waals surface area contributed by atoms with Crippen molar-refractivity contribution in [2.45, 2.75) is 6.10 Å². The fourth-order valence-corrected chi connectivity index (χ4v) is 3.26. The van der Waals surface area contributed by atoms with Crippen molar-refractivity contribution < 1.29 is 18.7 Å². The Kier molecular flexibility index (Phi) is 4.20. The van der Waals surface area contributed by atoms with Crippen LogP contribution in [0.15, 0.2) is 48.5 Å². The Labute approximate surface area is 150 Å². The molecule has 134 valence electrons. The first kappa shape index (κ1) is 16.4. The molecule has 4 rings (SSSR count). The van der Waals surface area contributed by atoms with Gasteiger partial charge in [0.1, 0.15) is 11.6 Å². The maximum atomic E-state index is 13.9. The number of amides is 2. The van der Waals surface area contributed by atoms with Gasteiger partial charge >= 0.3 is 0 Å². The maximum Gasteiger partial charge on any atom is 0.275 e. The lowest BCUT2D eigenvalue weighted by Gasteiger charge is -2.38. The standard InChI is InChI=1S/C19H18FN3O3/c20-13-5-1-3-7-15(13)22-9-11-23(12-10-22)19(25)17-18(24)21-14-6-2-4-8-16(14)26-17/h1-8,17H,9-12H2,(H,21,24)/t17-/m1/s1. The molecule has 0 saturated carbocycles. The average molecular weight is 355 g/mol. The van der Waals surface area contributed by atoms with Gasteiger partial charge in [-0.05, 0) is 24.3 Å². The molecule has 1 N–H and O–H groups in total. The van der Waals surface area contributed by atoms with Gasteiger partial charge in [0, 0.05) is 26.2 Å². The minimum Gasteiger partial charge on any atom is -0.468 e. The maximum absolute atomic E-state index is 13.9. The number of nitrogens with zero attached hydrogens (tertiary/aromatic N) is 2. The molecule has 0 aliphatic carbocycles. The molecule has 2 aliphatic heterocycles. The number of rotatable bonds is 2. The first-order valence-corrected chi connectivity index (χ1v) is 8.48. The van der Waals surface area contributed by atoms with Crippen molar-refractivity contribution in [3.63, 3.8) is 0 Å². The van der Waals surface area contributed by atoms with Crippen LogP contribution in [0.3, 0.4) is 0 Å². The van der Waals surface area contributed by atoms with Crippen molar-refractivity contribution in [3.05, 3.63) is 54.3 Å². The number of nitrogens with one attached hydrogen (secondary N) is 1. The lowest BCUT2D eigenvalue weighted by Crippen LogP contribution is -2.56. The van der Waals surface area contributed by atoms with Crippen LogP contribution >= 0.6 is 0 Å². The van der Waals surface area contributed by atoms with Crippen molar-refractivity contribution in [2.24, 2.45) is 0 Å². The van der Waals surface area contributed by atoms with Gasteiger partial charge < -0.3 is 19.9 Å². The summed E-state index contributed by atoms with van der Waals surface area (Å²) in [5, 5.41) is 2.70. The molecule has 0 unspecified atom stereocenters. The Morgan fingerprint density at radius 1 is 1.04 bits per heavy atom. The summed E-state index contributed by atoms with van der Waals surface area (Å²) in [6, 6.07) is 13.6. The van der Waals surface area contributed by atoms with Crippen LogP contribution < -0.4 is 15.0 Å². The quantitative estimate of drug-likeness (QED) is 0.836. The molecule has 1 fully saturated rings. The second-order valence-electron chi connectivity index (χ2n) is 6.25. The van der Waals surface area contributed by atoms with Gasteiger partial charge in [0.15, 0.2) is 0 Å². The van der Waals surface area contributed by atoms with E-state index in [0.717, 1.165) is 0 Å². The first-order valence-electron chi connectivity index (χ1n) is 8.48. The summed E-state index contributed by atoms with van der Waals surface area (Å²) in [6.45, 7) is 1.80. The molecule has 2 aliphatic rings. The minimum absolute atomic E-state index is 0.279. The lowest BCUT2D eigenvalue weighted by atomic mass is 10.1. The van der Waals surface area contributed by atoms with Crippen LogP contribution in [0.2, 0.25) is 0 Å². The molecule has 2 heterocycles. The zero-order chi connectivity index (χ0) is 18.1. The number of ether oxygens (including phenoxy) is 1. The van der Waals surface area contributed by atoms with Crippen molar-refractivity contribution in [1.29, 1.82) is 0 Å². The van der Waals surface area contributed by atoms with Crippen molar-refractivity contribution in [3.8, 4) is 5.75 Å². The van der Waals surface area contributed by atoms with Crippen LogP contribution in [0.1, 0.15) is 0 Å². The third-order valence-corrected chi connectivity index (χ3v) is 4.64. The predicted octanol–water partition coefficient (Wildman–Crippen LogP) is 1.87. The molecule has 0 spiro atoms. The number of halogens is 1. The highest BCUT2D eigenvalue weighted by Gasteiger charge is 2.37. The Bertz CT molecular complexity index is 849. The number of piperazine rings is 1. The normalized spacial score (nSPS) is 19.4. The summed E-state index contributed by atoms with van der Waals surface area (Å²) in [4.78, 5) is 28.5. The molecular weight excluding hydrogens is 337 g/mol. The molecule has 2 amide bonds. The minimum atomic E-state index is -1.19. The zero-order valence-electron chi connectivity index (χ0n) is 14.0. The monoisotopic (exact) mass is 355 g/mol. The third kappa shape index (κ3) is 2.96. The largest absolute Gasteiger partial charge is 0.468 e. The molecule has 6 nitrogen and oxygen atoms in total. The fourth-order valence-electron chi connectivity index (χ4n) is 3.26. The topological polar surface area (TPSA) is 61.9 Å². The van der Waals surface area contributed by atoms with Gasteiger partial charge in [-0.1, -0.05) is 24.3 Å². The summed E-state index contributed by atoms with van der Waals surface area (Å²) in [7, 11) is 0. The number of carbonyl (C=O) groups is 2. The van der Waals surface area contributed by atoms with Crippen molar-refractivity contribution in [2.75, 3.05) is 36.4 Å². The van der Waals surface area contributed by atoms with Gasteiger partial charge in [0.2, 0.25) is 0 Å². The molecule has 0 bridgehead atoms. The number of carbonyl (C=O) groups excluding carboxylic acids is 2. The van der Waals surface area contributed by atoms with Crippen LogP contribution in [-0.2, 0) is 9.59 Å². The highest BCUT2D eigenvalue weighted by Crippen LogP contribution is 2.29. The molecule has 2 aromatic carbocycles. The van der Waals surface area contributed by atoms with Gasteiger partial charge in [0.25, 0.3) is 17.9 Å². The number of benzene rings is 2. The Hall–Kier alpha value is -3.09. The second kappa shape index (κ2) is 6.67. The molecule has 7 heteroatoms. The molecule has 26 heavy (non-hydrogen) atoms. The van der Waals surface area contributed by atoms with E-state index in [1.54, 1.807) is 47.4 Å². The van der Waals surface area contributed by atoms with Crippen LogP contribution in [0, 0.1) is 5.82 Å². The molecule has 1 saturated heterocycles. The van der Waals surface area contributed by atoms with E-state index >= 15 is 0 Å². The first-order chi connectivity index (χ1) is 12.6. The van der Waals surface area contributed by atoms with E-state index in [1.165, 1.54) is 6.07 Å². The van der Waals surface area contributed by atoms with E-state index < -0.39 is 12.0 Å². The van der Waals surface area contributed by atoms with Crippen LogP contribution in [0.25, 0.3) is 0 Å². The summed E-state index contributed by atoms with van der Waals surface area (Å²) in [5.41, 5.74) is 1.09. The number of fused-ring (bicyclic) bond motifs is 1. The number of para-hydroxylation sites is 3. The second-order valence-corrected chi connectivity index (χ2v) is 6.25. The molecule has 0 aromatic heterocycles. The van der Waals surface area contributed by atoms with E-state index in [0.29, 0.717) is 43.3 Å². The molecule has 2 aromatic rings. The Morgan fingerprint density at radius 2 is 1.73 bits per heavy atom. The zero-order valence-corrected chi connectivity index (χ0v) is 14.0. The van der Waals surface area contributed by atoms with Gasteiger partial charge in [-0.2, -0.15) is 0 Å². The van der Waals surface area contributed by atoms with E-state index in [-0.39, 0.29) is 11.7 Å². The van der Waals surface area contributed by atoms with Gasteiger partial charge in [-0.25, -0.2) is 4.39 Å². The van der Waals surface area contributed by atoms with E-state index in [9.17, 15) is 14.0 Å². The van der Waals surface area contributed by atoms with Gasteiger partial charge in [-0.15, -0.1) is 0 Å². The highest BCUT2D eigenvalue weighted by atomic mass is 19.1. The smallest absolute Gasteiger partial charge is 0.275 e. The lowest BCUT2D eigenvalue weighted by molar-refractivity contribution is -0.145. The Morgan fingerprint density at radius 3 is 2.50 bits per heavy atom. The van der Waals surface area contributed by atoms with Crippen molar-refractivity contribution >= 4 is 23.2 Å². The molecular formula is C19H18FN3O3. The third-order valence-electron chi connectivity index (χ3n) is 4.64. The predicted molar refractivity (Wildman–Crippen MR) is 94.7 cm³/mol. The number of anilines is 2. The summed E-state index contributed by atoms with van der Waals surface area (Å²) >= 11 is 0. The number of hydrogen-bond donors (Lipinski definition) is 1. The van der Waals surface area contributed by atoms with Crippen LogP contribution in [0.4, 0.5) is 15.8 Å². The van der Waals surface area contributed by atoms with Crippen LogP contribution in [-0.4, -0.2) is 49.0 Å².